The summed E-state index contributed by atoms with van der Waals surface area (Å²) in [5.74, 6) is -0.243. The van der Waals surface area contributed by atoms with Crippen LogP contribution < -0.4 is 5.32 Å². The molecule has 0 amide bonds. The molecule has 17 heavy (non-hydrogen) atoms. The van der Waals surface area contributed by atoms with Crippen LogP contribution in [-0.2, 0) is 13.6 Å². The van der Waals surface area contributed by atoms with Gasteiger partial charge in [-0.3, -0.25) is 4.68 Å². The molecule has 1 heterocycles. The zero-order valence-corrected chi connectivity index (χ0v) is 11.3. The van der Waals surface area contributed by atoms with Crippen molar-refractivity contribution in [2.24, 2.45) is 7.05 Å². The Bertz CT molecular complexity index is 537. The molecule has 0 spiro atoms. The van der Waals surface area contributed by atoms with Gasteiger partial charge in [-0.2, -0.15) is 5.10 Å². The minimum Gasteiger partial charge on any atom is -0.314 e. The molecule has 0 saturated heterocycles. The molecule has 0 fully saturated rings. The number of aromatic nitrogens is 2. The second kappa shape index (κ2) is 4.98. The number of aryl methyl sites for hydroxylation is 1. The fourth-order valence-corrected chi connectivity index (χ4v) is 2.10. The fraction of sp³-hybridized carbons (Fsp3) is 0.250. The van der Waals surface area contributed by atoms with Gasteiger partial charge in [0, 0.05) is 23.6 Å². The maximum Gasteiger partial charge on any atom is 0.132 e. The summed E-state index contributed by atoms with van der Waals surface area (Å²) in [6, 6.07) is 6.78. The molecule has 5 heteroatoms. The average Bonchev–Trinajstić information content (AvgIpc) is 2.64. The van der Waals surface area contributed by atoms with Crippen LogP contribution in [0.3, 0.4) is 0 Å². The van der Waals surface area contributed by atoms with Crippen LogP contribution in [0.1, 0.15) is 5.69 Å². The van der Waals surface area contributed by atoms with Crippen molar-refractivity contribution in [3.63, 3.8) is 0 Å². The molecule has 0 saturated carbocycles. The number of hydrogen-bond acceptors (Lipinski definition) is 2. The normalized spacial score (nSPS) is 10.8. The lowest BCUT2D eigenvalue weighted by atomic mass is 10.1. The predicted molar refractivity (Wildman–Crippen MR) is 69.1 cm³/mol. The molecule has 2 rings (SSSR count). The van der Waals surface area contributed by atoms with E-state index in [9.17, 15) is 4.39 Å². The van der Waals surface area contributed by atoms with Gasteiger partial charge in [-0.05, 0) is 31.3 Å². The summed E-state index contributed by atoms with van der Waals surface area (Å²) >= 11 is 3.35. The van der Waals surface area contributed by atoms with E-state index in [1.165, 1.54) is 6.07 Å². The van der Waals surface area contributed by atoms with Crippen molar-refractivity contribution >= 4 is 15.9 Å². The lowest BCUT2D eigenvalue weighted by Gasteiger charge is -2.03. The van der Waals surface area contributed by atoms with Crippen molar-refractivity contribution in [1.29, 1.82) is 0 Å². The summed E-state index contributed by atoms with van der Waals surface area (Å²) in [4.78, 5) is 0. The van der Waals surface area contributed by atoms with E-state index in [0.29, 0.717) is 12.1 Å². The van der Waals surface area contributed by atoms with Crippen molar-refractivity contribution < 1.29 is 4.39 Å². The van der Waals surface area contributed by atoms with Gasteiger partial charge < -0.3 is 5.32 Å². The van der Waals surface area contributed by atoms with Gasteiger partial charge in [-0.1, -0.05) is 15.9 Å². The van der Waals surface area contributed by atoms with E-state index < -0.39 is 0 Å². The molecule has 0 radical (unpaired) electrons. The highest BCUT2D eigenvalue weighted by molar-refractivity contribution is 9.10. The Morgan fingerprint density at radius 2 is 2.18 bits per heavy atom. The Morgan fingerprint density at radius 1 is 1.41 bits per heavy atom. The first-order chi connectivity index (χ1) is 8.11. The van der Waals surface area contributed by atoms with Crippen LogP contribution in [0.2, 0.25) is 0 Å². The smallest absolute Gasteiger partial charge is 0.132 e. The molecular formula is C12H13BrFN3. The van der Waals surface area contributed by atoms with Gasteiger partial charge in [0.05, 0.1) is 11.4 Å². The van der Waals surface area contributed by atoms with Crippen LogP contribution in [0.5, 0.6) is 0 Å². The maximum absolute atomic E-state index is 13.8. The van der Waals surface area contributed by atoms with Crippen LogP contribution in [0, 0.1) is 5.82 Å². The molecule has 0 bridgehead atoms. The van der Waals surface area contributed by atoms with Gasteiger partial charge in [-0.15, -0.1) is 0 Å². The second-order valence-corrected chi connectivity index (χ2v) is 4.71. The highest BCUT2D eigenvalue weighted by Crippen LogP contribution is 2.26. The molecule has 0 aliphatic carbocycles. The monoisotopic (exact) mass is 297 g/mol. The molecule has 1 N–H and O–H groups in total. The SMILES string of the molecule is CNCc1cc(-c2cc(Br)ccc2F)n(C)n1. The molecule has 0 unspecified atom stereocenters. The Kier molecular flexibility index (Phi) is 3.59. The zero-order valence-electron chi connectivity index (χ0n) is 9.67. The summed E-state index contributed by atoms with van der Waals surface area (Å²) in [6.45, 7) is 0.670. The third-order valence-electron chi connectivity index (χ3n) is 2.49. The lowest BCUT2D eigenvalue weighted by Crippen LogP contribution is -2.05. The number of hydrogen-bond donors (Lipinski definition) is 1. The van der Waals surface area contributed by atoms with Gasteiger partial charge in [0.1, 0.15) is 5.82 Å². The van der Waals surface area contributed by atoms with Crippen LogP contribution >= 0.6 is 15.9 Å². The number of halogens is 2. The van der Waals surface area contributed by atoms with Gasteiger partial charge in [0.25, 0.3) is 0 Å². The summed E-state index contributed by atoms with van der Waals surface area (Å²) in [7, 11) is 3.67. The molecule has 1 aromatic heterocycles. The first-order valence-corrected chi connectivity index (χ1v) is 6.04. The Morgan fingerprint density at radius 3 is 2.88 bits per heavy atom. The largest absolute Gasteiger partial charge is 0.314 e. The van der Waals surface area contributed by atoms with Crippen LogP contribution in [-0.4, -0.2) is 16.8 Å². The summed E-state index contributed by atoms with van der Waals surface area (Å²) in [5.41, 5.74) is 2.22. The summed E-state index contributed by atoms with van der Waals surface area (Å²) in [5, 5.41) is 7.34. The average molecular weight is 298 g/mol. The highest BCUT2D eigenvalue weighted by atomic mass is 79.9. The molecule has 0 aliphatic heterocycles. The fourth-order valence-electron chi connectivity index (χ4n) is 1.74. The Labute approximate surface area is 108 Å². The van der Waals surface area contributed by atoms with Crippen molar-refractivity contribution in [1.82, 2.24) is 15.1 Å². The maximum atomic E-state index is 13.8. The van der Waals surface area contributed by atoms with Gasteiger partial charge in [0.15, 0.2) is 0 Å². The van der Waals surface area contributed by atoms with Crippen LogP contribution in [0.4, 0.5) is 4.39 Å². The van der Waals surface area contributed by atoms with Gasteiger partial charge in [-0.25, -0.2) is 4.39 Å². The van der Waals surface area contributed by atoms with E-state index in [2.05, 4.69) is 26.3 Å². The Balaban J connectivity index is 2.48. The molecule has 2 aromatic rings. The van der Waals surface area contributed by atoms with E-state index in [4.69, 9.17) is 0 Å². The summed E-state index contributed by atoms with van der Waals surface area (Å²) < 4.78 is 16.3. The Hall–Kier alpha value is -1.20. The quantitative estimate of drug-likeness (QED) is 0.944. The van der Waals surface area contributed by atoms with Crippen molar-refractivity contribution in [3.05, 3.63) is 40.2 Å². The minimum absolute atomic E-state index is 0.243. The predicted octanol–water partition coefficient (Wildman–Crippen LogP) is 2.71. The lowest BCUT2D eigenvalue weighted by molar-refractivity contribution is 0.627. The van der Waals surface area contributed by atoms with E-state index in [1.807, 2.05) is 20.2 Å². The van der Waals surface area contributed by atoms with E-state index in [1.54, 1.807) is 16.8 Å². The molecule has 1 aromatic carbocycles. The van der Waals surface area contributed by atoms with Gasteiger partial charge >= 0.3 is 0 Å². The molecule has 0 aliphatic rings. The zero-order chi connectivity index (χ0) is 12.4. The third-order valence-corrected chi connectivity index (χ3v) is 2.99. The van der Waals surface area contributed by atoms with Crippen molar-refractivity contribution in [2.75, 3.05) is 7.05 Å². The standard InChI is InChI=1S/C12H13BrFN3/c1-15-7-9-6-12(17(2)16-9)10-5-8(13)3-4-11(10)14/h3-6,15H,7H2,1-2H3. The molecule has 0 atom stereocenters. The molecule has 90 valence electrons. The first-order valence-electron chi connectivity index (χ1n) is 5.24. The number of nitrogens with one attached hydrogen (secondary N) is 1. The van der Waals surface area contributed by atoms with E-state index in [0.717, 1.165) is 15.9 Å². The van der Waals surface area contributed by atoms with Crippen molar-refractivity contribution in [2.45, 2.75) is 6.54 Å². The van der Waals surface area contributed by atoms with E-state index >= 15 is 0 Å². The van der Waals surface area contributed by atoms with Crippen LogP contribution in [0.25, 0.3) is 11.3 Å². The molecule has 3 nitrogen and oxygen atoms in total. The first kappa shape index (κ1) is 12.3. The van der Waals surface area contributed by atoms with Crippen molar-refractivity contribution in [3.8, 4) is 11.3 Å². The topological polar surface area (TPSA) is 29.9 Å². The van der Waals surface area contributed by atoms with E-state index in [-0.39, 0.29) is 5.82 Å². The number of rotatable bonds is 3. The second-order valence-electron chi connectivity index (χ2n) is 3.80. The molecular weight excluding hydrogens is 285 g/mol. The third kappa shape index (κ3) is 2.56. The minimum atomic E-state index is -0.243. The highest BCUT2D eigenvalue weighted by Gasteiger charge is 2.11. The number of benzene rings is 1. The summed E-state index contributed by atoms with van der Waals surface area (Å²) in [6.07, 6.45) is 0. The number of nitrogens with zero attached hydrogens (tertiary/aromatic N) is 2. The van der Waals surface area contributed by atoms with Crippen LogP contribution in [0.15, 0.2) is 28.7 Å². The van der Waals surface area contributed by atoms with Gasteiger partial charge in [0.2, 0.25) is 0 Å².